The lowest BCUT2D eigenvalue weighted by atomic mass is 10.0. The highest BCUT2D eigenvalue weighted by Gasteiger charge is 2.29. The van der Waals surface area contributed by atoms with E-state index in [1.54, 1.807) is 6.20 Å². The fraction of sp³-hybridized carbons (Fsp3) is 0.375. The van der Waals surface area contributed by atoms with Gasteiger partial charge >= 0.3 is 6.09 Å². The summed E-state index contributed by atoms with van der Waals surface area (Å²) in [7, 11) is 0. The van der Waals surface area contributed by atoms with Gasteiger partial charge in [0.2, 0.25) is 0 Å². The number of rotatable bonds is 2. The van der Waals surface area contributed by atoms with Crippen LogP contribution < -0.4 is 0 Å². The molecular formula is C16H19N3O2. The van der Waals surface area contributed by atoms with E-state index in [-0.39, 0.29) is 6.04 Å². The second-order valence-electron chi connectivity index (χ2n) is 5.54. The minimum absolute atomic E-state index is 0.157. The molecule has 1 fully saturated rings. The van der Waals surface area contributed by atoms with Crippen molar-refractivity contribution in [2.45, 2.75) is 32.2 Å². The molecule has 0 bridgehead atoms. The summed E-state index contributed by atoms with van der Waals surface area (Å²) in [5.74, 6) is 0.743. The number of nitrogens with zero attached hydrogens (tertiary/aromatic N) is 2. The van der Waals surface area contributed by atoms with Crippen molar-refractivity contribution in [1.82, 2.24) is 14.9 Å². The van der Waals surface area contributed by atoms with Gasteiger partial charge in [-0.2, -0.15) is 0 Å². The van der Waals surface area contributed by atoms with Crippen LogP contribution in [0.1, 0.15) is 36.7 Å². The summed E-state index contributed by atoms with van der Waals surface area (Å²) in [6.07, 6.45) is 3.71. The molecular weight excluding hydrogens is 266 g/mol. The second-order valence-corrected chi connectivity index (χ2v) is 5.54. The molecule has 1 atom stereocenters. The summed E-state index contributed by atoms with van der Waals surface area (Å²) < 4.78 is 0. The van der Waals surface area contributed by atoms with E-state index in [2.05, 4.69) is 29.0 Å². The van der Waals surface area contributed by atoms with Crippen LogP contribution in [-0.2, 0) is 0 Å². The number of hydrogen-bond acceptors (Lipinski definition) is 2. The topological polar surface area (TPSA) is 69.2 Å². The Hall–Kier alpha value is -2.30. The minimum Gasteiger partial charge on any atom is -0.465 e. The fourth-order valence-electron chi connectivity index (χ4n) is 2.83. The van der Waals surface area contributed by atoms with Gasteiger partial charge in [0.05, 0.1) is 17.9 Å². The van der Waals surface area contributed by atoms with E-state index in [0.29, 0.717) is 6.54 Å². The van der Waals surface area contributed by atoms with E-state index < -0.39 is 6.09 Å². The monoisotopic (exact) mass is 285 g/mol. The summed E-state index contributed by atoms with van der Waals surface area (Å²) in [6, 6.07) is 8.04. The van der Waals surface area contributed by atoms with Gasteiger partial charge in [0, 0.05) is 6.54 Å². The zero-order valence-electron chi connectivity index (χ0n) is 12.0. The van der Waals surface area contributed by atoms with Gasteiger partial charge < -0.3 is 10.1 Å². The molecule has 2 aromatic rings. The van der Waals surface area contributed by atoms with Gasteiger partial charge in [-0.1, -0.05) is 29.8 Å². The largest absolute Gasteiger partial charge is 0.465 e. The zero-order chi connectivity index (χ0) is 14.8. The first-order valence-corrected chi connectivity index (χ1v) is 7.26. The molecule has 110 valence electrons. The van der Waals surface area contributed by atoms with Crippen LogP contribution in [0, 0.1) is 6.92 Å². The normalized spacial score (nSPS) is 18.7. The molecule has 21 heavy (non-hydrogen) atoms. The highest BCUT2D eigenvalue weighted by atomic mass is 16.4. The molecule has 0 saturated carbocycles. The van der Waals surface area contributed by atoms with Crippen molar-refractivity contribution in [3.8, 4) is 11.3 Å². The number of carboxylic acid groups (broad SMARTS) is 1. The average molecular weight is 285 g/mol. The van der Waals surface area contributed by atoms with Crippen LogP contribution in [0.2, 0.25) is 0 Å². The smallest absolute Gasteiger partial charge is 0.407 e. The molecule has 1 aliphatic rings. The third-order valence-corrected chi connectivity index (χ3v) is 4.02. The highest BCUT2D eigenvalue weighted by molar-refractivity contribution is 5.66. The number of piperidine rings is 1. The standard InChI is InChI=1S/C16H19N3O2/c1-11-5-7-12(8-6-11)13-10-17-15(18-13)14-4-2-3-9-19(14)16(20)21/h5-8,10,14H,2-4,9H2,1H3,(H,17,18)(H,20,21)/t14-/m0/s1. The van der Waals surface area contributed by atoms with Gasteiger partial charge in [-0.05, 0) is 31.7 Å². The molecule has 2 N–H and O–H groups in total. The lowest BCUT2D eigenvalue weighted by molar-refractivity contribution is 0.104. The van der Waals surface area contributed by atoms with Crippen molar-refractivity contribution in [3.05, 3.63) is 41.9 Å². The van der Waals surface area contributed by atoms with Crippen LogP contribution in [0.5, 0.6) is 0 Å². The Labute approximate surface area is 123 Å². The number of aryl methyl sites for hydroxylation is 1. The van der Waals surface area contributed by atoms with E-state index in [4.69, 9.17) is 0 Å². The predicted molar refractivity (Wildman–Crippen MR) is 80.1 cm³/mol. The number of amides is 1. The molecule has 1 saturated heterocycles. The van der Waals surface area contributed by atoms with Gasteiger partial charge in [-0.25, -0.2) is 9.78 Å². The minimum atomic E-state index is -0.868. The molecule has 1 aromatic carbocycles. The Morgan fingerprint density at radius 1 is 1.33 bits per heavy atom. The molecule has 0 radical (unpaired) electrons. The van der Waals surface area contributed by atoms with E-state index in [1.807, 2.05) is 12.1 Å². The van der Waals surface area contributed by atoms with Crippen LogP contribution in [0.3, 0.4) is 0 Å². The number of hydrogen-bond donors (Lipinski definition) is 2. The van der Waals surface area contributed by atoms with Crippen LogP contribution in [-0.4, -0.2) is 32.6 Å². The lowest BCUT2D eigenvalue weighted by Gasteiger charge is -2.32. The highest BCUT2D eigenvalue weighted by Crippen LogP contribution is 2.30. The molecule has 1 aliphatic heterocycles. The third kappa shape index (κ3) is 2.77. The SMILES string of the molecule is Cc1ccc(-c2cnc([C@@H]3CCCCN3C(=O)O)[nH]2)cc1. The quantitative estimate of drug-likeness (QED) is 0.886. The number of aromatic amines is 1. The van der Waals surface area contributed by atoms with Crippen LogP contribution >= 0.6 is 0 Å². The number of aromatic nitrogens is 2. The molecule has 0 aliphatic carbocycles. The fourth-order valence-corrected chi connectivity index (χ4v) is 2.83. The number of benzene rings is 1. The van der Waals surface area contributed by atoms with Gasteiger partial charge in [0.1, 0.15) is 5.82 Å². The van der Waals surface area contributed by atoms with Gasteiger partial charge in [-0.3, -0.25) is 4.90 Å². The van der Waals surface area contributed by atoms with E-state index in [1.165, 1.54) is 10.5 Å². The van der Waals surface area contributed by atoms with Crippen molar-refractivity contribution in [1.29, 1.82) is 0 Å². The molecule has 0 unspecified atom stereocenters. The Balaban J connectivity index is 1.86. The first-order valence-electron chi connectivity index (χ1n) is 7.26. The van der Waals surface area contributed by atoms with Crippen LogP contribution in [0.25, 0.3) is 11.3 Å². The summed E-state index contributed by atoms with van der Waals surface area (Å²) >= 11 is 0. The second kappa shape index (κ2) is 5.60. The maximum atomic E-state index is 11.3. The van der Waals surface area contributed by atoms with Crippen molar-refractivity contribution in [3.63, 3.8) is 0 Å². The first kappa shape index (κ1) is 13.7. The lowest BCUT2D eigenvalue weighted by Crippen LogP contribution is -2.37. The first-order chi connectivity index (χ1) is 10.1. The Bertz CT molecular complexity index is 633. The van der Waals surface area contributed by atoms with E-state index in [0.717, 1.165) is 36.3 Å². The van der Waals surface area contributed by atoms with Crippen molar-refractivity contribution < 1.29 is 9.90 Å². The van der Waals surface area contributed by atoms with Crippen LogP contribution in [0.15, 0.2) is 30.5 Å². The number of imidazole rings is 1. The number of nitrogens with one attached hydrogen (secondary N) is 1. The number of carbonyl (C=O) groups is 1. The van der Waals surface area contributed by atoms with Gasteiger partial charge in [0.15, 0.2) is 0 Å². The van der Waals surface area contributed by atoms with E-state index >= 15 is 0 Å². The maximum Gasteiger partial charge on any atom is 0.407 e. The molecule has 5 nitrogen and oxygen atoms in total. The third-order valence-electron chi connectivity index (χ3n) is 4.02. The number of likely N-dealkylation sites (tertiary alicyclic amines) is 1. The molecule has 1 aromatic heterocycles. The molecule has 1 amide bonds. The van der Waals surface area contributed by atoms with Crippen LogP contribution in [0.4, 0.5) is 4.79 Å². The summed E-state index contributed by atoms with van der Waals surface area (Å²) in [5, 5.41) is 9.31. The average Bonchev–Trinajstić information content (AvgIpc) is 2.97. The summed E-state index contributed by atoms with van der Waals surface area (Å²) in [6.45, 7) is 2.63. The predicted octanol–water partition coefficient (Wildman–Crippen LogP) is 3.59. The van der Waals surface area contributed by atoms with Gasteiger partial charge in [-0.15, -0.1) is 0 Å². The molecule has 2 heterocycles. The zero-order valence-corrected chi connectivity index (χ0v) is 12.0. The van der Waals surface area contributed by atoms with Crippen molar-refractivity contribution >= 4 is 6.09 Å². The molecule has 3 rings (SSSR count). The maximum absolute atomic E-state index is 11.3. The Morgan fingerprint density at radius 2 is 2.10 bits per heavy atom. The Morgan fingerprint density at radius 3 is 2.81 bits per heavy atom. The molecule has 0 spiro atoms. The molecule has 5 heteroatoms. The van der Waals surface area contributed by atoms with Crippen molar-refractivity contribution in [2.75, 3.05) is 6.54 Å². The Kier molecular flexibility index (Phi) is 3.64. The number of H-pyrrole nitrogens is 1. The van der Waals surface area contributed by atoms with E-state index in [9.17, 15) is 9.90 Å². The van der Waals surface area contributed by atoms with Gasteiger partial charge in [0.25, 0.3) is 0 Å². The van der Waals surface area contributed by atoms with Crippen molar-refractivity contribution in [2.24, 2.45) is 0 Å². The summed E-state index contributed by atoms with van der Waals surface area (Å²) in [5.41, 5.74) is 3.21. The summed E-state index contributed by atoms with van der Waals surface area (Å²) in [4.78, 5) is 20.5.